The number of hydrogen-bond acceptors (Lipinski definition) is 1. The van der Waals surface area contributed by atoms with Crippen molar-refractivity contribution in [2.45, 2.75) is 27.2 Å². The van der Waals surface area contributed by atoms with E-state index in [1.807, 2.05) is 12.3 Å². The topological polar surface area (TPSA) is 12.9 Å². The minimum absolute atomic E-state index is 0.301. The predicted molar refractivity (Wildman–Crippen MR) is 64.9 cm³/mol. The van der Waals surface area contributed by atoms with Crippen molar-refractivity contribution in [1.29, 1.82) is 0 Å². The van der Waals surface area contributed by atoms with Crippen LogP contribution in [0.5, 0.6) is 0 Å². The van der Waals surface area contributed by atoms with Gasteiger partial charge < -0.3 is 0 Å². The summed E-state index contributed by atoms with van der Waals surface area (Å²) in [5, 5.41) is 2.50. The molecule has 1 heterocycles. The molecule has 0 unspecified atom stereocenters. The van der Waals surface area contributed by atoms with Crippen molar-refractivity contribution in [1.82, 2.24) is 4.98 Å². The lowest BCUT2D eigenvalue weighted by atomic mass is 9.90. The summed E-state index contributed by atoms with van der Waals surface area (Å²) in [6.07, 6.45) is 2.99. The molecule has 1 nitrogen and oxygen atoms in total. The molecule has 0 fully saturated rings. The lowest BCUT2D eigenvalue weighted by Gasteiger charge is -2.17. The SMILES string of the molecule is CC(C)(C)Cc1cc2ccccc2cn1. The molecule has 0 aliphatic heterocycles. The third-order valence-corrected chi connectivity index (χ3v) is 2.40. The van der Waals surface area contributed by atoms with Gasteiger partial charge in [-0.3, -0.25) is 4.98 Å². The summed E-state index contributed by atoms with van der Waals surface area (Å²) in [4.78, 5) is 4.49. The molecule has 0 amide bonds. The molecule has 15 heavy (non-hydrogen) atoms. The van der Waals surface area contributed by atoms with E-state index in [1.165, 1.54) is 16.5 Å². The van der Waals surface area contributed by atoms with Crippen molar-refractivity contribution in [3.63, 3.8) is 0 Å². The van der Waals surface area contributed by atoms with Crippen LogP contribution in [0.15, 0.2) is 36.5 Å². The molecule has 78 valence electrons. The Morgan fingerprint density at radius 2 is 1.73 bits per heavy atom. The number of fused-ring (bicyclic) bond motifs is 1. The Labute approximate surface area is 91.2 Å². The quantitative estimate of drug-likeness (QED) is 0.680. The minimum Gasteiger partial charge on any atom is -0.261 e. The number of pyridine rings is 1. The summed E-state index contributed by atoms with van der Waals surface area (Å²) in [5.74, 6) is 0. The first kappa shape index (κ1) is 10.2. The van der Waals surface area contributed by atoms with Gasteiger partial charge in [0.05, 0.1) is 0 Å². The minimum atomic E-state index is 0.301. The maximum atomic E-state index is 4.49. The summed E-state index contributed by atoms with van der Waals surface area (Å²) in [6.45, 7) is 6.72. The maximum absolute atomic E-state index is 4.49. The molecule has 0 bridgehead atoms. The van der Waals surface area contributed by atoms with Crippen LogP contribution in [0, 0.1) is 5.41 Å². The molecule has 0 atom stereocenters. The van der Waals surface area contributed by atoms with Gasteiger partial charge in [-0.15, -0.1) is 0 Å². The van der Waals surface area contributed by atoms with Gasteiger partial charge in [0.2, 0.25) is 0 Å². The largest absolute Gasteiger partial charge is 0.261 e. The maximum Gasteiger partial charge on any atom is 0.0415 e. The summed E-state index contributed by atoms with van der Waals surface area (Å²) in [7, 11) is 0. The smallest absolute Gasteiger partial charge is 0.0415 e. The molecule has 0 aliphatic rings. The van der Waals surface area contributed by atoms with Crippen LogP contribution in [-0.2, 0) is 6.42 Å². The van der Waals surface area contributed by atoms with E-state index < -0.39 is 0 Å². The Morgan fingerprint density at radius 3 is 2.40 bits per heavy atom. The number of nitrogens with zero attached hydrogens (tertiary/aromatic N) is 1. The second kappa shape index (κ2) is 3.65. The summed E-state index contributed by atoms with van der Waals surface area (Å²) >= 11 is 0. The van der Waals surface area contributed by atoms with E-state index in [1.54, 1.807) is 0 Å². The van der Waals surface area contributed by atoms with E-state index in [-0.39, 0.29) is 0 Å². The zero-order valence-electron chi connectivity index (χ0n) is 9.62. The van der Waals surface area contributed by atoms with Crippen LogP contribution in [-0.4, -0.2) is 4.98 Å². The van der Waals surface area contributed by atoms with Crippen molar-refractivity contribution >= 4 is 10.8 Å². The van der Waals surface area contributed by atoms with Crippen LogP contribution in [0.25, 0.3) is 10.8 Å². The molecule has 0 aliphatic carbocycles. The average Bonchev–Trinajstić information content (AvgIpc) is 2.15. The van der Waals surface area contributed by atoms with Crippen LogP contribution < -0.4 is 0 Å². The van der Waals surface area contributed by atoms with Crippen molar-refractivity contribution in [2.24, 2.45) is 5.41 Å². The predicted octanol–water partition coefficient (Wildman–Crippen LogP) is 3.82. The van der Waals surface area contributed by atoms with E-state index in [0.29, 0.717) is 5.41 Å². The van der Waals surface area contributed by atoms with Crippen LogP contribution >= 0.6 is 0 Å². The van der Waals surface area contributed by atoms with Crippen LogP contribution in [0.1, 0.15) is 26.5 Å². The van der Waals surface area contributed by atoms with Gasteiger partial charge in [-0.1, -0.05) is 45.0 Å². The molecule has 0 saturated heterocycles. The molecule has 1 aromatic heterocycles. The van der Waals surface area contributed by atoms with Gasteiger partial charge in [-0.2, -0.15) is 0 Å². The Bertz CT molecular complexity index is 466. The summed E-state index contributed by atoms with van der Waals surface area (Å²) in [6, 6.07) is 10.6. The Kier molecular flexibility index (Phi) is 2.47. The van der Waals surface area contributed by atoms with Crippen molar-refractivity contribution < 1.29 is 0 Å². The van der Waals surface area contributed by atoms with E-state index in [4.69, 9.17) is 0 Å². The first-order chi connectivity index (χ1) is 7.04. The lowest BCUT2D eigenvalue weighted by molar-refractivity contribution is 0.406. The van der Waals surface area contributed by atoms with Gasteiger partial charge in [0.1, 0.15) is 0 Å². The standard InChI is InChI=1S/C14H17N/c1-14(2,3)9-13-8-11-6-4-5-7-12(11)10-15-13/h4-8,10H,9H2,1-3H3. The monoisotopic (exact) mass is 199 g/mol. The summed E-state index contributed by atoms with van der Waals surface area (Å²) < 4.78 is 0. The first-order valence-corrected chi connectivity index (χ1v) is 5.38. The van der Waals surface area contributed by atoms with Gasteiger partial charge in [0, 0.05) is 17.3 Å². The molecule has 0 radical (unpaired) electrons. The third kappa shape index (κ3) is 2.56. The van der Waals surface area contributed by atoms with E-state index in [2.05, 4.69) is 50.0 Å². The van der Waals surface area contributed by atoms with Gasteiger partial charge >= 0.3 is 0 Å². The first-order valence-electron chi connectivity index (χ1n) is 5.38. The van der Waals surface area contributed by atoms with E-state index in [0.717, 1.165) is 6.42 Å². The highest BCUT2D eigenvalue weighted by Gasteiger charge is 2.12. The average molecular weight is 199 g/mol. The zero-order chi connectivity index (χ0) is 10.9. The van der Waals surface area contributed by atoms with Crippen molar-refractivity contribution in [3.8, 4) is 0 Å². The number of benzene rings is 1. The number of aromatic nitrogens is 1. The second-order valence-corrected chi connectivity index (χ2v) is 5.26. The molecule has 1 aromatic carbocycles. The van der Waals surface area contributed by atoms with Crippen molar-refractivity contribution in [3.05, 3.63) is 42.2 Å². The third-order valence-electron chi connectivity index (χ3n) is 2.40. The highest BCUT2D eigenvalue weighted by Crippen LogP contribution is 2.21. The van der Waals surface area contributed by atoms with Crippen LogP contribution in [0.2, 0.25) is 0 Å². The normalized spacial score (nSPS) is 11.9. The van der Waals surface area contributed by atoms with E-state index in [9.17, 15) is 0 Å². The molecule has 1 heteroatoms. The molecular formula is C14H17N. The number of rotatable bonds is 1. The Hall–Kier alpha value is -1.37. The van der Waals surface area contributed by atoms with Gasteiger partial charge in [-0.25, -0.2) is 0 Å². The highest BCUT2D eigenvalue weighted by atomic mass is 14.7. The van der Waals surface area contributed by atoms with Gasteiger partial charge in [0.15, 0.2) is 0 Å². The number of hydrogen-bond donors (Lipinski definition) is 0. The fourth-order valence-corrected chi connectivity index (χ4v) is 1.77. The fraction of sp³-hybridized carbons (Fsp3) is 0.357. The van der Waals surface area contributed by atoms with Crippen molar-refractivity contribution in [2.75, 3.05) is 0 Å². The van der Waals surface area contributed by atoms with Gasteiger partial charge in [0.25, 0.3) is 0 Å². The highest BCUT2D eigenvalue weighted by molar-refractivity contribution is 5.81. The molecule has 0 N–H and O–H groups in total. The Balaban J connectivity index is 2.39. The Morgan fingerprint density at radius 1 is 1.07 bits per heavy atom. The van der Waals surface area contributed by atoms with Crippen LogP contribution in [0.4, 0.5) is 0 Å². The van der Waals surface area contributed by atoms with E-state index >= 15 is 0 Å². The molecule has 0 saturated carbocycles. The fourth-order valence-electron chi connectivity index (χ4n) is 1.77. The second-order valence-electron chi connectivity index (χ2n) is 5.26. The molecule has 2 rings (SSSR count). The molecule has 2 aromatic rings. The molecular weight excluding hydrogens is 182 g/mol. The van der Waals surface area contributed by atoms with Gasteiger partial charge in [-0.05, 0) is 23.3 Å². The molecule has 0 spiro atoms. The zero-order valence-corrected chi connectivity index (χ0v) is 9.62. The summed E-state index contributed by atoms with van der Waals surface area (Å²) in [5.41, 5.74) is 1.48. The van der Waals surface area contributed by atoms with Crippen LogP contribution in [0.3, 0.4) is 0 Å². The lowest BCUT2D eigenvalue weighted by Crippen LogP contribution is -2.10.